The maximum Gasteiger partial charge on any atom is 0.150 e. The highest BCUT2D eigenvalue weighted by atomic mass is 32.2. The normalized spacial score (nSPS) is 10.1. The van der Waals surface area contributed by atoms with Crippen LogP contribution in [0.15, 0.2) is 58.3 Å². The van der Waals surface area contributed by atoms with E-state index in [9.17, 15) is 9.18 Å². The molecule has 0 aromatic heterocycles. The zero-order valence-corrected chi connectivity index (χ0v) is 9.21. The Bertz CT molecular complexity index is 494. The molecule has 0 amide bonds. The molecule has 0 aliphatic rings. The number of aldehydes is 1. The van der Waals surface area contributed by atoms with Crippen molar-refractivity contribution in [1.29, 1.82) is 0 Å². The summed E-state index contributed by atoms with van der Waals surface area (Å²) in [6, 6.07) is 13.6. The maximum atomic E-state index is 12.7. The van der Waals surface area contributed by atoms with Crippen molar-refractivity contribution in [2.45, 2.75) is 9.79 Å². The first-order chi connectivity index (χ1) is 7.78. The van der Waals surface area contributed by atoms with E-state index in [1.54, 1.807) is 24.3 Å². The second-order valence-corrected chi connectivity index (χ2v) is 4.39. The Labute approximate surface area is 97.3 Å². The molecule has 0 fully saturated rings. The monoisotopic (exact) mass is 232 g/mol. The summed E-state index contributed by atoms with van der Waals surface area (Å²) in [7, 11) is 0. The highest BCUT2D eigenvalue weighted by molar-refractivity contribution is 7.99. The van der Waals surface area contributed by atoms with E-state index < -0.39 is 0 Å². The van der Waals surface area contributed by atoms with Crippen molar-refractivity contribution >= 4 is 18.0 Å². The molecule has 0 saturated carbocycles. The molecular formula is C13H9FOS. The minimum Gasteiger partial charge on any atom is -0.298 e. The zero-order valence-electron chi connectivity index (χ0n) is 8.39. The lowest BCUT2D eigenvalue weighted by Gasteiger charge is -2.01. The molecule has 0 spiro atoms. The van der Waals surface area contributed by atoms with Gasteiger partial charge in [0.2, 0.25) is 0 Å². The predicted molar refractivity (Wildman–Crippen MR) is 62.4 cm³/mol. The van der Waals surface area contributed by atoms with Gasteiger partial charge < -0.3 is 0 Å². The van der Waals surface area contributed by atoms with Crippen molar-refractivity contribution in [2.24, 2.45) is 0 Å². The second kappa shape index (κ2) is 4.94. The van der Waals surface area contributed by atoms with Gasteiger partial charge in [-0.05, 0) is 36.4 Å². The van der Waals surface area contributed by atoms with Crippen LogP contribution in [0, 0.1) is 5.82 Å². The van der Waals surface area contributed by atoms with E-state index in [2.05, 4.69) is 0 Å². The van der Waals surface area contributed by atoms with E-state index in [-0.39, 0.29) is 5.82 Å². The van der Waals surface area contributed by atoms with Gasteiger partial charge in [0.15, 0.2) is 0 Å². The molecule has 2 aromatic carbocycles. The summed E-state index contributed by atoms with van der Waals surface area (Å²) in [6.45, 7) is 0. The molecule has 16 heavy (non-hydrogen) atoms. The van der Waals surface area contributed by atoms with Crippen LogP contribution < -0.4 is 0 Å². The largest absolute Gasteiger partial charge is 0.298 e. The second-order valence-electron chi connectivity index (χ2n) is 3.25. The fourth-order valence-corrected chi connectivity index (χ4v) is 2.18. The Morgan fingerprint density at radius 2 is 1.75 bits per heavy atom. The average Bonchev–Trinajstić information content (AvgIpc) is 2.32. The lowest BCUT2D eigenvalue weighted by Crippen LogP contribution is -1.80. The Balaban J connectivity index is 2.20. The quantitative estimate of drug-likeness (QED) is 0.749. The number of rotatable bonds is 3. The third-order valence-electron chi connectivity index (χ3n) is 2.04. The Morgan fingerprint density at radius 1 is 1.00 bits per heavy atom. The molecule has 2 rings (SSSR count). The third kappa shape index (κ3) is 2.70. The van der Waals surface area contributed by atoms with Gasteiger partial charge in [0.25, 0.3) is 0 Å². The summed E-state index contributed by atoms with van der Waals surface area (Å²) < 4.78 is 12.7. The van der Waals surface area contributed by atoms with Crippen LogP contribution in [0.1, 0.15) is 10.4 Å². The van der Waals surface area contributed by atoms with Gasteiger partial charge in [-0.3, -0.25) is 4.79 Å². The number of hydrogen-bond acceptors (Lipinski definition) is 2. The number of hydrogen-bond donors (Lipinski definition) is 0. The molecule has 0 heterocycles. The molecule has 0 aliphatic carbocycles. The number of carbonyl (C=O) groups excluding carboxylic acids is 1. The summed E-state index contributed by atoms with van der Waals surface area (Å²) in [5.41, 5.74) is 0.645. The van der Waals surface area contributed by atoms with E-state index in [0.717, 1.165) is 16.1 Å². The molecule has 0 N–H and O–H groups in total. The van der Waals surface area contributed by atoms with Gasteiger partial charge in [-0.2, -0.15) is 0 Å². The van der Waals surface area contributed by atoms with E-state index >= 15 is 0 Å². The minimum absolute atomic E-state index is 0.244. The van der Waals surface area contributed by atoms with E-state index in [1.807, 2.05) is 12.1 Å². The minimum atomic E-state index is -0.244. The highest BCUT2D eigenvalue weighted by Gasteiger charge is 1.99. The van der Waals surface area contributed by atoms with Crippen LogP contribution in [0.4, 0.5) is 4.39 Å². The third-order valence-corrected chi connectivity index (χ3v) is 3.04. The summed E-state index contributed by atoms with van der Waals surface area (Å²) in [5.74, 6) is -0.244. The maximum absolute atomic E-state index is 12.7. The molecular weight excluding hydrogens is 223 g/mol. The van der Waals surface area contributed by atoms with Gasteiger partial charge in [-0.25, -0.2) is 4.39 Å². The van der Waals surface area contributed by atoms with Crippen molar-refractivity contribution in [2.75, 3.05) is 0 Å². The lowest BCUT2D eigenvalue weighted by atomic mass is 10.2. The van der Waals surface area contributed by atoms with Crippen molar-refractivity contribution in [3.63, 3.8) is 0 Å². The van der Waals surface area contributed by atoms with Gasteiger partial charge in [0.1, 0.15) is 12.1 Å². The highest BCUT2D eigenvalue weighted by Crippen LogP contribution is 2.27. The molecule has 0 atom stereocenters. The SMILES string of the molecule is O=Cc1cccc(Sc2ccc(F)cc2)c1. The van der Waals surface area contributed by atoms with Gasteiger partial charge in [-0.15, -0.1) is 0 Å². The average molecular weight is 232 g/mol. The summed E-state index contributed by atoms with van der Waals surface area (Å²) in [5, 5.41) is 0. The zero-order chi connectivity index (χ0) is 11.4. The van der Waals surface area contributed by atoms with Gasteiger partial charge >= 0.3 is 0 Å². The van der Waals surface area contributed by atoms with Crippen molar-refractivity contribution in [3.8, 4) is 0 Å². The fourth-order valence-electron chi connectivity index (χ4n) is 1.29. The molecule has 1 nitrogen and oxygen atoms in total. The summed E-state index contributed by atoms with van der Waals surface area (Å²) in [6.07, 6.45) is 0.814. The van der Waals surface area contributed by atoms with Crippen LogP contribution >= 0.6 is 11.8 Å². The van der Waals surface area contributed by atoms with E-state index in [4.69, 9.17) is 0 Å². The Hall–Kier alpha value is -1.61. The van der Waals surface area contributed by atoms with Crippen LogP contribution in [0.2, 0.25) is 0 Å². The molecule has 0 bridgehead atoms. The van der Waals surface area contributed by atoms with Crippen LogP contribution in [0.5, 0.6) is 0 Å². The van der Waals surface area contributed by atoms with Gasteiger partial charge in [0.05, 0.1) is 0 Å². The van der Waals surface area contributed by atoms with Crippen molar-refractivity contribution < 1.29 is 9.18 Å². The van der Waals surface area contributed by atoms with Crippen LogP contribution in [0.3, 0.4) is 0 Å². The van der Waals surface area contributed by atoms with Gasteiger partial charge in [-0.1, -0.05) is 23.9 Å². The summed E-state index contributed by atoms with van der Waals surface area (Å²) in [4.78, 5) is 12.5. The first-order valence-corrected chi connectivity index (χ1v) is 5.58. The molecule has 0 radical (unpaired) electrons. The smallest absolute Gasteiger partial charge is 0.150 e. The number of halogens is 1. The molecule has 80 valence electrons. The first kappa shape index (κ1) is 10.9. The lowest BCUT2D eigenvalue weighted by molar-refractivity contribution is 0.112. The molecule has 2 aromatic rings. The molecule has 0 saturated heterocycles. The van der Waals surface area contributed by atoms with E-state index in [1.165, 1.54) is 23.9 Å². The van der Waals surface area contributed by atoms with Crippen LogP contribution in [-0.2, 0) is 0 Å². The molecule has 0 unspecified atom stereocenters. The fraction of sp³-hybridized carbons (Fsp3) is 0. The van der Waals surface area contributed by atoms with E-state index in [0.29, 0.717) is 5.56 Å². The molecule has 3 heteroatoms. The standard InChI is InChI=1S/C13H9FOS/c14-11-4-6-12(7-5-11)16-13-3-1-2-10(8-13)9-15/h1-9H. The molecule has 0 aliphatic heterocycles. The summed E-state index contributed by atoms with van der Waals surface area (Å²) >= 11 is 1.50. The Morgan fingerprint density at radius 3 is 2.44 bits per heavy atom. The van der Waals surface area contributed by atoms with Crippen LogP contribution in [-0.4, -0.2) is 6.29 Å². The first-order valence-electron chi connectivity index (χ1n) is 4.76. The number of carbonyl (C=O) groups is 1. The van der Waals surface area contributed by atoms with Gasteiger partial charge in [0, 0.05) is 15.4 Å². The topological polar surface area (TPSA) is 17.1 Å². The Kier molecular flexibility index (Phi) is 3.37. The van der Waals surface area contributed by atoms with Crippen LogP contribution in [0.25, 0.3) is 0 Å². The van der Waals surface area contributed by atoms with Crippen molar-refractivity contribution in [1.82, 2.24) is 0 Å². The van der Waals surface area contributed by atoms with Crippen molar-refractivity contribution in [3.05, 3.63) is 59.9 Å². The predicted octanol–water partition coefficient (Wildman–Crippen LogP) is 3.79. The number of benzene rings is 2.